The first-order valence-corrected chi connectivity index (χ1v) is 10.2. The molecule has 0 unspecified atom stereocenters. The Morgan fingerprint density at radius 1 is 1.32 bits per heavy atom. The SMILES string of the molecule is COCCCNC(=S)N(CC[NH+](C)C)Cc1cc2ccc(C)c(C)c2[nH]c1=O. The van der Waals surface area contributed by atoms with Crippen molar-refractivity contribution in [3.8, 4) is 0 Å². The molecule has 6 nitrogen and oxygen atoms in total. The molecule has 0 aliphatic carbocycles. The molecule has 0 radical (unpaired) electrons. The standard InChI is InChI=1S/C21H32N4O2S/c1-15-7-8-17-13-18(20(26)23-19(17)16(15)2)14-25(11-10-24(3)4)21(28)22-9-6-12-27-5/h7-8,13H,6,9-12,14H2,1-5H3,(H,22,28)(H,23,26)/p+1. The summed E-state index contributed by atoms with van der Waals surface area (Å²) >= 11 is 5.61. The zero-order valence-corrected chi connectivity index (χ0v) is 18.5. The van der Waals surface area contributed by atoms with Crippen molar-refractivity contribution in [2.45, 2.75) is 26.8 Å². The lowest BCUT2D eigenvalue weighted by Crippen LogP contribution is -3.06. The Bertz CT molecular complexity index is 863. The zero-order valence-electron chi connectivity index (χ0n) is 17.6. The van der Waals surface area contributed by atoms with Gasteiger partial charge in [-0.2, -0.15) is 0 Å². The van der Waals surface area contributed by atoms with Crippen LogP contribution in [-0.2, 0) is 11.3 Å². The van der Waals surface area contributed by atoms with Gasteiger partial charge >= 0.3 is 0 Å². The molecule has 0 saturated heterocycles. The van der Waals surface area contributed by atoms with Crippen molar-refractivity contribution >= 4 is 28.2 Å². The van der Waals surface area contributed by atoms with Gasteiger partial charge in [0.15, 0.2) is 5.11 Å². The number of quaternary nitrogens is 1. The van der Waals surface area contributed by atoms with Crippen LogP contribution in [-0.4, -0.2) is 62.4 Å². The van der Waals surface area contributed by atoms with Crippen molar-refractivity contribution in [1.82, 2.24) is 15.2 Å². The maximum Gasteiger partial charge on any atom is 0.253 e. The highest BCUT2D eigenvalue weighted by Crippen LogP contribution is 2.19. The van der Waals surface area contributed by atoms with Crippen LogP contribution in [0.5, 0.6) is 0 Å². The maximum atomic E-state index is 12.7. The largest absolute Gasteiger partial charge is 0.385 e. The van der Waals surface area contributed by atoms with Crippen molar-refractivity contribution in [2.75, 3.05) is 47.4 Å². The van der Waals surface area contributed by atoms with E-state index in [0.29, 0.717) is 18.3 Å². The quantitative estimate of drug-likeness (QED) is 0.429. The molecule has 1 heterocycles. The van der Waals surface area contributed by atoms with Crippen LogP contribution in [0.1, 0.15) is 23.1 Å². The molecular weight excluding hydrogens is 372 g/mol. The normalized spacial score (nSPS) is 11.2. The third-order valence-corrected chi connectivity index (χ3v) is 5.36. The Morgan fingerprint density at radius 3 is 2.75 bits per heavy atom. The molecule has 0 amide bonds. The minimum absolute atomic E-state index is 0.0504. The number of H-pyrrole nitrogens is 1. The van der Waals surface area contributed by atoms with Crippen molar-refractivity contribution in [1.29, 1.82) is 0 Å². The van der Waals surface area contributed by atoms with Crippen molar-refractivity contribution in [3.05, 3.63) is 45.2 Å². The predicted molar refractivity (Wildman–Crippen MR) is 119 cm³/mol. The molecule has 0 saturated carbocycles. The number of benzene rings is 1. The topological polar surface area (TPSA) is 61.8 Å². The van der Waals surface area contributed by atoms with E-state index in [9.17, 15) is 4.79 Å². The molecule has 3 N–H and O–H groups in total. The Morgan fingerprint density at radius 2 is 2.07 bits per heavy atom. The van der Waals surface area contributed by atoms with Crippen LogP contribution in [0, 0.1) is 13.8 Å². The summed E-state index contributed by atoms with van der Waals surface area (Å²) in [5.74, 6) is 0. The van der Waals surface area contributed by atoms with Crippen molar-refractivity contribution < 1.29 is 9.64 Å². The summed E-state index contributed by atoms with van der Waals surface area (Å²) in [6, 6.07) is 6.14. The number of pyridine rings is 1. The maximum absolute atomic E-state index is 12.7. The number of ether oxygens (including phenoxy) is 1. The molecule has 1 aromatic heterocycles. The molecule has 0 aliphatic rings. The highest BCUT2D eigenvalue weighted by atomic mass is 32.1. The van der Waals surface area contributed by atoms with Crippen LogP contribution in [0.3, 0.4) is 0 Å². The fourth-order valence-electron chi connectivity index (χ4n) is 3.03. The predicted octanol–water partition coefficient (Wildman–Crippen LogP) is 1.00. The van der Waals surface area contributed by atoms with E-state index in [4.69, 9.17) is 17.0 Å². The lowest BCUT2D eigenvalue weighted by atomic mass is 10.0. The second kappa shape index (κ2) is 10.5. The fraction of sp³-hybridized carbons (Fsp3) is 0.524. The molecule has 0 atom stereocenters. The first kappa shape index (κ1) is 22.3. The number of hydrogen-bond donors (Lipinski definition) is 3. The molecule has 0 spiro atoms. The first-order valence-electron chi connectivity index (χ1n) is 9.76. The minimum atomic E-state index is -0.0504. The number of nitrogens with zero attached hydrogens (tertiary/aromatic N) is 1. The number of rotatable bonds is 9. The van der Waals surface area contributed by atoms with E-state index in [1.807, 2.05) is 13.0 Å². The zero-order chi connectivity index (χ0) is 20.7. The van der Waals surface area contributed by atoms with Crippen LogP contribution in [0.25, 0.3) is 10.9 Å². The summed E-state index contributed by atoms with van der Waals surface area (Å²) in [5, 5.41) is 5.02. The second-order valence-electron chi connectivity index (χ2n) is 7.55. The molecule has 0 fully saturated rings. The average Bonchev–Trinajstić information content (AvgIpc) is 2.66. The van der Waals surface area contributed by atoms with Crippen LogP contribution >= 0.6 is 12.2 Å². The van der Waals surface area contributed by atoms with Gasteiger partial charge in [0.05, 0.1) is 39.2 Å². The molecule has 2 rings (SSSR count). The lowest BCUT2D eigenvalue weighted by Gasteiger charge is -2.26. The van der Waals surface area contributed by atoms with Gasteiger partial charge in [0, 0.05) is 25.8 Å². The van der Waals surface area contributed by atoms with Crippen molar-refractivity contribution in [2.24, 2.45) is 0 Å². The number of fused-ring (bicyclic) bond motifs is 1. The summed E-state index contributed by atoms with van der Waals surface area (Å²) in [7, 11) is 5.92. The lowest BCUT2D eigenvalue weighted by molar-refractivity contribution is -0.857. The molecule has 0 aliphatic heterocycles. The third-order valence-electron chi connectivity index (χ3n) is 4.96. The van der Waals surface area contributed by atoms with Gasteiger partial charge in [-0.15, -0.1) is 0 Å². The fourth-order valence-corrected chi connectivity index (χ4v) is 3.29. The third kappa shape index (κ3) is 6.02. The van der Waals surface area contributed by atoms with Crippen LogP contribution < -0.4 is 15.8 Å². The van der Waals surface area contributed by atoms with E-state index in [1.54, 1.807) is 7.11 Å². The van der Waals surface area contributed by atoms with Gasteiger partial charge in [-0.25, -0.2) is 0 Å². The number of aromatic nitrogens is 1. The van der Waals surface area contributed by atoms with E-state index < -0.39 is 0 Å². The van der Waals surface area contributed by atoms with E-state index in [1.165, 1.54) is 10.5 Å². The number of aromatic amines is 1. The second-order valence-corrected chi connectivity index (χ2v) is 7.94. The number of nitrogens with one attached hydrogen (secondary N) is 3. The Hall–Kier alpha value is -1.96. The van der Waals surface area contributed by atoms with Gasteiger partial charge in [0.25, 0.3) is 5.56 Å². The van der Waals surface area contributed by atoms with Gasteiger partial charge in [0.2, 0.25) is 0 Å². The summed E-state index contributed by atoms with van der Waals surface area (Å²) in [4.78, 5) is 19.2. The Labute approximate surface area is 172 Å². The highest BCUT2D eigenvalue weighted by Gasteiger charge is 2.15. The van der Waals surface area contributed by atoms with E-state index in [0.717, 1.165) is 48.1 Å². The number of hydrogen-bond acceptors (Lipinski definition) is 3. The van der Waals surface area contributed by atoms with Crippen LogP contribution in [0.2, 0.25) is 0 Å². The van der Waals surface area contributed by atoms with Crippen LogP contribution in [0.4, 0.5) is 0 Å². The molecular formula is C21H33N4O2S+. The van der Waals surface area contributed by atoms with Gasteiger partial charge in [-0.05, 0) is 55.1 Å². The number of likely N-dealkylation sites (N-methyl/N-ethyl adjacent to an activating group) is 1. The smallest absolute Gasteiger partial charge is 0.253 e. The summed E-state index contributed by atoms with van der Waals surface area (Å²) in [6.07, 6.45) is 0.887. The first-order chi connectivity index (χ1) is 13.3. The van der Waals surface area contributed by atoms with Gasteiger partial charge in [-0.1, -0.05) is 12.1 Å². The van der Waals surface area contributed by atoms with Crippen LogP contribution in [0.15, 0.2) is 23.0 Å². The molecule has 28 heavy (non-hydrogen) atoms. The van der Waals surface area contributed by atoms with Crippen molar-refractivity contribution in [3.63, 3.8) is 0 Å². The van der Waals surface area contributed by atoms with E-state index in [-0.39, 0.29) is 5.56 Å². The highest BCUT2D eigenvalue weighted by molar-refractivity contribution is 7.80. The Kier molecular flexibility index (Phi) is 8.41. The summed E-state index contributed by atoms with van der Waals surface area (Å²) in [5.41, 5.74) is 3.88. The molecule has 2 aromatic rings. The number of methoxy groups -OCH3 is 1. The molecule has 0 bridgehead atoms. The van der Waals surface area contributed by atoms with Gasteiger partial charge < -0.3 is 24.8 Å². The van der Waals surface area contributed by atoms with Gasteiger partial charge in [0.1, 0.15) is 0 Å². The Balaban J connectivity index is 2.22. The summed E-state index contributed by atoms with van der Waals surface area (Å²) < 4.78 is 5.09. The average molecular weight is 406 g/mol. The summed E-state index contributed by atoms with van der Waals surface area (Å²) in [6.45, 7) is 7.75. The minimum Gasteiger partial charge on any atom is -0.385 e. The van der Waals surface area contributed by atoms with Gasteiger partial charge in [-0.3, -0.25) is 4.79 Å². The van der Waals surface area contributed by atoms with E-state index >= 15 is 0 Å². The molecule has 154 valence electrons. The monoisotopic (exact) mass is 405 g/mol. The molecule has 1 aromatic carbocycles. The number of aryl methyl sites for hydroxylation is 2. The molecule has 7 heteroatoms. The van der Waals surface area contributed by atoms with E-state index in [2.05, 4.69) is 48.4 Å². The number of thiocarbonyl (C=S) groups is 1.